The molecule has 2 N–H and O–H groups in total. The average molecular weight is 388 g/mol. The maximum atomic E-state index is 12.7. The lowest BCUT2D eigenvalue weighted by molar-refractivity contribution is -0.114. The molecule has 1 amide bonds. The highest BCUT2D eigenvalue weighted by atomic mass is 32.2. The van der Waals surface area contributed by atoms with Gasteiger partial charge in [0.25, 0.3) is 10.0 Å². The van der Waals surface area contributed by atoms with Crippen molar-refractivity contribution in [2.45, 2.75) is 50.5 Å². The zero-order chi connectivity index (χ0) is 19.4. The van der Waals surface area contributed by atoms with Gasteiger partial charge in [-0.05, 0) is 80.6 Å². The van der Waals surface area contributed by atoms with Crippen molar-refractivity contribution in [2.24, 2.45) is 0 Å². The molecule has 27 heavy (non-hydrogen) atoms. The first kappa shape index (κ1) is 19.2. The number of ether oxygens (including phenoxy) is 1. The Morgan fingerprint density at radius 3 is 2.26 bits per heavy atom. The Balaban J connectivity index is 1.73. The molecule has 7 heteroatoms. The van der Waals surface area contributed by atoms with E-state index in [1.165, 1.54) is 19.8 Å². The van der Waals surface area contributed by atoms with Crippen LogP contribution in [0.4, 0.5) is 11.4 Å². The quantitative estimate of drug-likeness (QED) is 0.781. The molecule has 6 nitrogen and oxygen atoms in total. The van der Waals surface area contributed by atoms with Gasteiger partial charge >= 0.3 is 0 Å². The van der Waals surface area contributed by atoms with Gasteiger partial charge in [-0.25, -0.2) is 8.42 Å². The summed E-state index contributed by atoms with van der Waals surface area (Å²) in [6.45, 7) is 3.18. The predicted molar refractivity (Wildman–Crippen MR) is 106 cm³/mol. The molecule has 1 saturated carbocycles. The minimum absolute atomic E-state index is 0.182. The monoisotopic (exact) mass is 388 g/mol. The van der Waals surface area contributed by atoms with Crippen LogP contribution in [0.1, 0.15) is 38.2 Å². The van der Waals surface area contributed by atoms with Gasteiger partial charge in [0.1, 0.15) is 5.75 Å². The highest BCUT2D eigenvalue weighted by molar-refractivity contribution is 7.92. The molecule has 0 aromatic heterocycles. The number of benzene rings is 2. The maximum absolute atomic E-state index is 12.7. The second-order valence-corrected chi connectivity index (χ2v) is 8.47. The van der Waals surface area contributed by atoms with Gasteiger partial charge < -0.3 is 10.1 Å². The van der Waals surface area contributed by atoms with E-state index in [1.807, 2.05) is 0 Å². The van der Waals surface area contributed by atoms with Crippen LogP contribution in [-0.4, -0.2) is 20.4 Å². The second-order valence-electron chi connectivity index (χ2n) is 6.82. The van der Waals surface area contributed by atoms with Gasteiger partial charge in [0, 0.05) is 18.3 Å². The van der Waals surface area contributed by atoms with Crippen molar-refractivity contribution in [1.82, 2.24) is 0 Å². The normalized spacial score (nSPS) is 14.7. The van der Waals surface area contributed by atoms with Gasteiger partial charge in [0.05, 0.1) is 11.0 Å². The third-order valence-electron chi connectivity index (χ3n) is 4.50. The van der Waals surface area contributed by atoms with Crippen molar-refractivity contribution in [3.8, 4) is 5.75 Å². The lowest BCUT2D eigenvalue weighted by Crippen LogP contribution is -2.15. The summed E-state index contributed by atoms with van der Waals surface area (Å²) in [7, 11) is -3.72. The molecule has 0 spiro atoms. The average Bonchev–Trinajstić information content (AvgIpc) is 3.09. The SMILES string of the molecule is CC(=O)Nc1ccc(NS(=O)(=O)c2ccc(OC3CCCC3)cc2C)cc1. The number of hydrogen-bond acceptors (Lipinski definition) is 4. The number of carbonyl (C=O) groups is 1. The summed E-state index contributed by atoms with van der Waals surface area (Å²) >= 11 is 0. The van der Waals surface area contributed by atoms with Crippen LogP contribution in [0.3, 0.4) is 0 Å². The van der Waals surface area contributed by atoms with Gasteiger partial charge in [-0.3, -0.25) is 9.52 Å². The zero-order valence-corrected chi connectivity index (χ0v) is 16.3. The molecule has 1 fully saturated rings. The molecular weight excluding hydrogens is 364 g/mol. The van der Waals surface area contributed by atoms with Gasteiger partial charge in [-0.2, -0.15) is 0 Å². The van der Waals surface area contributed by atoms with Gasteiger partial charge in [0.2, 0.25) is 5.91 Å². The number of carbonyl (C=O) groups excluding carboxylic acids is 1. The van der Waals surface area contributed by atoms with E-state index < -0.39 is 10.0 Å². The van der Waals surface area contributed by atoms with Crippen LogP contribution in [-0.2, 0) is 14.8 Å². The van der Waals surface area contributed by atoms with E-state index in [1.54, 1.807) is 49.4 Å². The van der Waals surface area contributed by atoms with Crippen LogP contribution < -0.4 is 14.8 Å². The molecule has 0 unspecified atom stereocenters. The summed E-state index contributed by atoms with van der Waals surface area (Å²) in [4.78, 5) is 11.3. The molecule has 0 radical (unpaired) electrons. The van der Waals surface area contributed by atoms with Crippen molar-refractivity contribution in [2.75, 3.05) is 10.0 Å². The van der Waals surface area contributed by atoms with E-state index in [-0.39, 0.29) is 16.9 Å². The Kier molecular flexibility index (Phi) is 5.70. The molecule has 0 atom stereocenters. The Bertz CT molecular complexity index is 917. The van der Waals surface area contributed by atoms with Crippen molar-refractivity contribution < 1.29 is 17.9 Å². The summed E-state index contributed by atoms with van der Waals surface area (Å²) in [5.41, 5.74) is 1.66. The molecule has 0 bridgehead atoms. The number of sulfonamides is 1. The van der Waals surface area contributed by atoms with Crippen LogP contribution in [0.15, 0.2) is 47.4 Å². The van der Waals surface area contributed by atoms with Crippen LogP contribution in [0.2, 0.25) is 0 Å². The third kappa shape index (κ3) is 5.01. The maximum Gasteiger partial charge on any atom is 0.262 e. The molecule has 2 aromatic carbocycles. The highest BCUT2D eigenvalue weighted by Gasteiger charge is 2.20. The summed E-state index contributed by atoms with van der Waals surface area (Å²) in [5.74, 6) is 0.525. The number of nitrogens with one attached hydrogen (secondary N) is 2. The molecule has 0 heterocycles. The van der Waals surface area contributed by atoms with Gasteiger partial charge in [-0.15, -0.1) is 0 Å². The van der Waals surface area contributed by atoms with E-state index in [0.29, 0.717) is 22.7 Å². The Labute approximate surface area is 160 Å². The molecule has 1 aliphatic carbocycles. The smallest absolute Gasteiger partial charge is 0.262 e. The number of amides is 1. The fraction of sp³-hybridized carbons (Fsp3) is 0.350. The lowest BCUT2D eigenvalue weighted by Gasteiger charge is -2.15. The van der Waals surface area contributed by atoms with Crippen molar-refractivity contribution >= 4 is 27.3 Å². The molecule has 0 saturated heterocycles. The highest BCUT2D eigenvalue weighted by Crippen LogP contribution is 2.28. The lowest BCUT2D eigenvalue weighted by atomic mass is 10.2. The van der Waals surface area contributed by atoms with Crippen LogP contribution in [0, 0.1) is 6.92 Å². The third-order valence-corrected chi connectivity index (χ3v) is 6.04. The zero-order valence-electron chi connectivity index (χ0n) is 15.5. The van der Waals surface area contributed by atoms with Crippen LogP contribution in [0.5, 0.6) is 5.75 Å². The minimum atomic E-state index is -3.72. The fourth-order valence-electron chi connectivity index (χ4n) is 3.23. The topological polar surface area (TPSA) is 84.5 Å². The van der Waals surface area contributed by atoms with E-state index in [9.17, 15) is 13.2 Å². The van der Waals surface area contributed by atoms with Crippen molar-refractivity contribution in [3.05, 3.63) is 48.0 Å². The first-order valence-electron chi connectivity index (χ1n) is 9.01. The number of rotatable bonds is 6. The number of aryl methyl sites for hydroxylation is 1. The molecule has 3 rings (SSSR count). The predicted octanol–water partition coefficient (Wildman–Crippen LogP) is 4.08. The molecule has 1 aliphatic rings. The number of hydrogen-bond donors (Lipinski definition) is 2. The molecule has 2 aromatic rings. The standard InChI is InChI=1S/C20H24N2O4S/c1-14-13-19(26-18-5-3-4-6-18)11-12-20(14)27(24,25)22-17-9-7-16(8-10-17)21-15(2)23/h7-13,18,22H,3-6H2,1-2H3,(H,21,23). The molecular formula is C20H24N2O4S. The summed E-state index contributed by atoms with van der Waals surface area (Å²) in [6, 6.07) is 11.6. The van der Waals surface area contributed by atoms with Crippen molar-refractivity contribution in [1.29, 1.82) is 0 Å². The number of anilines is 2. The summed E-state index contributed by atoms with van der Waals surface area (Å²) < 4.78 is 33.9. The Hall–Kier alpha value is -2.54. The second kappa shape index (κ2) is 8.00. The Morgan fingerprint density at radius 1 is 1.04 bits per heavy atom. The fourth-order valence-corrected chi connectivity index (χ4v) is 4.52. The van der Waals surface area contributed by atoms with E-state index in [4.69, 9.17) is 4.74 Å². The largest absolute Gasteiger partial charge is 0.490 e. The summed E-state index contributed by atoms with van der Waals surface area (Å²) in [6.07, 6.45) is 4.69. The molecule has 0 aliphatic heterocycles. The summed E-state index contributed by atoms with van der Waals surface area (Å²) in [5, 5.41) is 2.64. The van der Waals surface area contributed by atoms with Crippen LogP contribution in [0.25, 0.3) is 0 Å². The van der Waals surface area contributed by atoms with E-state index >= 15 is 0 Å². The molecule has 144 valence electrons. The van der Waals surface area contributed by atoms with E-state index in [2.05, 4.69) is 10.0 Å². The van der Waals surface area contributed by atoms with Crippen LogP contribution >= 0.6 is 0 Å². The minimum Gasteiger partial charge on any atom is -0.490 e. The first-order valence-corrected chi connectivity index (χ1v) is 10.5. The van der Waals surface area contributed by atoms with Gasteiger partial charge in [0.15, 0.2) is 0 Å². The van der Waals surface area contributed by atoms with Crippen molar-refractivity contribution in [3.63, 3.8) is 0 Å². The van der Waals surface area contributed by atoms with E-state index in [0.717, 1.165) is 12.8 Å². The Morgan fingerprint density at radius 2 is 1.67 bits per heavy atom. The first-order chi connectivity index (χ1) is 12.8. The van der Waals surface area contributed by atoms with Gasteiger partial charge in [-0.1, -0.05) is 0 Å².